The molecule has 0 unspecified atom stereocenters. The molecule has 20 heavy (non-hydrogen) atoms. The van der Waals surface area contributed by atoms with Gasteiger partial charge in [-0.3, -0.25) is 0 Å². The van der Waals surface area contributed by atoms with Crippen molar-refractivity contribution in [1.29, 1.82) is 0 Å². The van der Waals surface area contributed by atoms with Crippen molar-refractivity contribution in [3.63, 3.8) is 0 Å². The first-order valence-corrected chi connectivity index (χ1v) is 6.80. The third-order valence-corrected chi connectivity index (χ3v) is 3.48. The highest BCUT2D eigenvalue weighted by Gasteiger charge is 2.08. The van der Waals surface area contributed by atoms with Gasteiger partial charge in [-0.1, -0.05) is 28.1 Å². The molecule has 3 nitrogen and oxygen atoms in total. The number of nitrogens with two attached hydrogens (primary N) is 1. The minimum atomic E-state index is -0.285. The molecule has 1 aromatic heterocycles. The summed E-state index contributed by atoms with van der Waals surface area (Å²) in [5, 5.41) is 4.46. The van der Waals surface area contributed by atoms with Gasteiger partial charge in [-0.25, -0.2) is 9.07 Å². The quantitative estimate of drug-likeness (QED) is 0.770. The molecule has 2 N–H and O–H groups in total. The number of nitrogen functional groups attached to an aromatic ring is 1. The molecule has 0 fully saturated rings. The van der Waals surface area contributed by atoms with Crippen LogP contribution in [0.4, 0.5) is 10.2 Å². The van der Waals surface area contributed by atoms with Crippen molar-refractivity contribution in [2.45, 2.75) is 0 Å². The van der Waals surface area contributed by atoms with Crippen molar-refractivity contribution in [3.8, 4) is 16.9 Å². The Morgan fingerprint density at radius 3 is 2.30 bits per heavy atom. The first kappa shape index (κ1) is 12.9. The van der Waals surface area contributed by atoms with Crippen molar-refractivity contribution in [2.24, 2.45) is 0 Å². The Morgan fingerprint density at radius 1 is 1.00 bits per heavy atom. The van der Waals surface area contributed by atoms with E-state index in [1.54, 1.807) is 22.9 Å². The van der Waals surface area contributed by atoms with Crippen LogP contribution in [0.3, 0.4) is 0 Å². The molecule has 0 saturated carbocycles. The lowest BCUT2D eigenvalue weighted by Gasteiger charge is -2.03. The molecule has 5 heteroatoms. The summed E-state index contributed by atoms with van der Waals surface area (Å²) in [6.07, 6.45) is 0. The number of anilines is 1. The van der Waals surface area contributed by atoms with Crippen LogP contribution in [0.2, 0.25) is 0 Å². The van der Waals surface area contributed by atoms with Crippen molar-refractivity contribution in [1.82, 2.24) is 9.78 Å². The standard InChI is InChI=1S/C15H11BrFN3/c16-11-3-1-10(2-4-11)14-9-15(18)20(19-14)13-7-5-12(17)6-8-13/h1-9H,18H2. The van der Waals surface area contributed by atoms with Crippen LogP contribution in [-0.2, 0) is 0 Å². The highest BCUT2D eigenvalue weighted by Crippen LogP contribution is 2.24. The van der Waals surface area contributed by atoms with Gasteiger partial charge in [0, 0.05) is 16.1 Å². The van der Waals surface area contributed by atoms with E-state index in [0.29, 0.717) is 5.82 Å². The second kappa shape index (κ2) is 5.09. The van der Waals surface area contributed by atoms with Gasteiger partial charge in [0.15, 0.2) is 0 Å². The summed E-state index contributed by atoms with van der Waals surface area (Å²) in [6.45, 7) is 0. The van der Waals surface area contributed by atoms with Gasteiger partial charge in [0.25, 0.3) is 0 Å². The lowest BCUT2D eigenvalue weighted by molar-refractivity contribution is 0.627. The summed E-state index contributed by atoms with van der Waals surface area (Å²) in [5.74, 6) is 0.224. The minimum absolute atomic E-state index is 0.285. The molecule has 1 heterocycles. The zero-order valence-corrected chi connectivity index (χ0v) is 12.0. The van der Waals surface area contributed by atoms with E-state index in [1.165, 1.54) is 12.1 Å². The van der Waals surface area contributed by atoms with Crippen molar-refractivity contribution in [3.05, 3.63) is 64.9 Å². The number of halogens is 2. The van der Waals surface area contributed by atoms with E-state index in [-0.39, 0.29) is 5.82 Å². The summed E-state index contributed by atoms with van der Waals surface area (Å²) >= 11 is 3.40. The third-order valence-electron chi connectivity index (χ3n) is 2.95. The lowest BCUT2D eigenvalue weighted by atomic mass is 10.2. The summed E-state index contributed by atoms with van der Waals surface area (Å²) in [5.41, 5.74) is 8.46. The number of hydrogen-bond donors (Lipinski definition) is 1. The Labute approximate surface area is 124 Å². The fourth-order valence-corrected chi connectivity index (χ4v) is 2.21. The number of aromatic nitrogens is 2. The predicted molar refractivity (Wildman–Crippen MR) is 81.1 cm³/mol. The summed E-state index contributed by atoms with van der Waals surface area (Å²) in [7, 11) is 0. The van der Waals surface area contributed by atoms with Crippen LogP contribution in [0.15, 0.2) is 59.1 Å². The molecule has 0 amide bonds. The van der Waals surface area contributed by atoms with Crippen LogP contribution in [0.1, 0.15) is 0 Å². The van der Waals surface area contributed by atoms with E-state index in [1.807, 2.05) is 24.3 Å². The Kier molecular flexibility index (Phi) is 3.28. The fraction of sp³-hybridized carbons (Fsp3) is 0. The normalized spacial score (nSPS) is 10.7. The zero-order valence-electron chi connectivity index (χ0n) is 10.4. The molecular formula is C15H11BrFN3. The van der Waals surface area contributed by atoms with Gasteiger partial charge in [-0.2, -0.15) is 5.10 Å². The second-order valence-electron chi connectivity index (χ2n) is 4.35. The van der Waals surface area contributed by atoms with E-state index < -0.39 is 0 Å². The first-order chi connectivity index (χ1) is 9.63. The maximum Gasteiger partial charge on any atom is 0.127 e. The fourth-order valence-electron chi connectivity index (χ4n) is 1.95. The maximum absolute atomic E-state index is 12.9. The van der Waals surface area contributed by atoms with Crippen LogP contribution in [-0.4, -0.2) is 9.78 Å². The monoisotopic (exact) mass is 331 g/mol. The van der Waals surface area contributed by atoms with Crippen molar-refractivity contribution in [2.75, 3.05) is 5.73 Å². The molecule has 0 spiro atoms. The average molecular weight is 332 g/mol. The minimum Gasteiger partial charge on any atom is -0.384 e. The molecule has 0 radical (unpaired) electrons. The van der Waals surface area contributed by atoms with Crippen LogP contribution < -0.4 is 5.73 Å². The Bertz CT molecular complexity index is 733. The molecular weight excluding hydrogens is 321 g/mol. The Hall–Kier alpha value is -2.14. The highest BCUT2D eigenvalue weighted by atomic mass is 79.9. The summed E-state index contributed by atoms with van der Waals surface area (Å²) < 4.78 is 15.5. The summed E-state index contributed by atoms with van der Waals surface area (Å²) in [6, 6.07) is 15.7. The molecule has 0 aliphatic carbocycles. The first-order valence-electron chi connectivity index (χ1n) is 6.01. The molecule has 3 aromatic rings. The Morgan fingerprint density at radius 2 is 1.65 bits per heavy atom. The van der Waals surface area contributed by atoms with Crippen LogP contribution in [0, 0.1) is 5.82 Å². The van der Waals surface area contributed by atoms with Crippen LogP contribution in [0.5, 0.6) is 0 Å². The molecule has 3 rings (SSSR count). The van der Waals surface area contributed by atoms with E-state index in [4.69, 9.17) is 5.73 Å². The highest BCUT2D eigenvalue weighted by molar-refractivity contribution is 9.10. The van der Waals surface area contributed by atoms with E-state index >= 15 is 0 Å². The van der Waals surface area contributed by atoms with Gasteiger partial charge in [0.05, 0.1) is 11.4 Å². The average Bonchev–Trinajstić information content (AvgIpc) is 2.82. The third kappa shape index (κ3) is 2.44. The van der Waals surface area contributed by atoms with Gasteiger partial charge < -0.3 is 5.73 Å². The molecule has 0 aliphatic rings. The smallest absolute Gasteiger partial charge is 0.127 e. The molecule has 2 aromatic carbocycles. The number of benzene rings is 2. The number of rotatable bonds is 2. The molecule has 0 aliphatic heterocycles. The second-order valence-corrected chi connectivity index (χ2v) is 5.27. The van der Waals surface area contributed by atoms with Gasteiger partial charge in [0.1, 0.15) is 11.6 Å². The molecule has 100 valence electrons. The largest absolute Gasteiger partial charge is 0.384 e. The SMILES string of the molecule is Nc1cc(-c2ccc(Br)cc2)nn1-c1ccc(F)cc1. The van der Waals surface area contributed by atoms with Crippen molar-refractivity contribution >= 4 is 21.7 Å². The Balaban J connectivity index is 2.02. The zero-order chi connectivity index (χ0) is 14.1. The predicted octanol–water partition coefficient (Wildman–Crippen LogP) is 4.02. The molecule has 0 bridgehead atoms. The van der Waals surface area contributed by atoms with Gasteiger partial charge in [-0.15, -0.1) is 0 Å². The van der Waals surface area contributed by atoms with Gasteiger partial charge in [0.2, 0.25) is 0 Å². The van der Waals surface area contributed by atoms with Gasteiger partial charge >= 0.3 is 0 Å². The van der Waals surface area contributed by atoms with E-state index in [0.717, 1.165) is 21.4 Å². The van der Waals surface area contributed by atoms with Crippen molar-refractivity contribution < 1.29 is 4.39 Å². The van der Waals surface area contributed by atoms with E-state index in [2.05, 4.69) is 21.0 Å². The molecule has 0 atom stereocenters. The van der Waals surface area contributed by atoms with Crippen LogP contribution >= 0.6 is 15.9 Å². The topological polar surface area (TPSA) is 43.8 Å². The molecule has 0 saturated heterocycles. The van der Waals surface area contributed by atoms with E-state index in [9.17, 15) is 4.39 Å². The van der Waals surface area contributed by atoms with Gasteiger partial charge in [-0.05, 0) is 36.4 Å². The number of hydrogen-bond acceptors (Lipinski definition) is 2. The maximum atomic E-state index is 12.9. The summed E-state index contributed by atoms with van der Waals surface area (Å²) in [4.78, 5) is 0. The number of nitrogens with zero attached hydrogens (tertiary/aromatic N) is 2. The lowest BCUT2D eigenvalue weighted by Crippen LogP contribution is -2.01. The van der Waals surface area contributed by atoms with Crippen LogP contribution in [0.25, 0.3) is 16.9 Å².